The van der Waals surface area contributed by atoms with Crippen LogP contribution in [0, 0.1) is 0 Å². The predicted molar refractivity (Wildman–Crippen MR) is 80.0 cm³/mol. The van der Waals surface area contributed by atoms with Gasteiger partial charge in [0.25, 0.3) is 0 Å². The molecule has 2 unspecified atom stereocenters. The monoisotopic (exact) mass is 318 g/mol. The lowest BCUT2D eigenvalue weighted by atomic mass is 10.3. The molecule has 3 aliphatic rings. The second kappa shape index (κ2) is 4.73. The van der Waals surface area contributed by atoms with Crippen molar-refractivity contribution in [2.75, 3.05) is 0 Å². The lowest BCUT2D eigenvalue weighted by molar-refractivity contribution is -0.120. The summed E-state index contributed by atoms with van der Waals surface area (Å²) in [5.41, 5.74) is 0. The van der Waals surface area contributed by atoms with Crippen LogP contribution in [-0.4, -0.2) is 22.6 Å². The standard InChI is InChI=1S/C10H10N2O2S4/c1-3-4(2)16-8(15-3)9-17-5-6(13)11-10(14)12-7(5)18-9/h5,7H,1-2H3,(H2,11,12,13,14). The van der Waals surface area contributed by atoms with E-state index in [2.05, 4.69) is 24.5 Å². The van der Waals surface area contributed by atoms with Crippen LogP contribution in [0.1, 0.15) is 13.8 Å². The fraction of sp³-hybridized carbons (Fsp3) is 0.400. The van der Waals surface area contributed by atoms with Gasteiger partial charge < -0.3 is 5.32 Å². The highest BCUT2D eigenvalue weighted by Crippen LogP contribution is 2.58. The van der Waals surface area contributed by atoms with Gasteiger partial charge in [0.1, 0.15) is 10.6 Å². The average molecular weight is 318 g/mol. The number of carbonyl (C=O) groups is 2. The van der Waals surface area contributed by atoms with Crippen LogP contribution in [0.15, 0.2) is 18.3 Å². The van der Waals surface area contributed by atoms with Gasteiger partial charge in [-0.15, -0.1) is 11.8 Å². The molecule has 96 valence electrons. The van der Waals surface area contributed by atoms with Gasteiger partial charge in [0, 0.05) is 0 Å². The van der Waals surface area contributed by atoms with Gasteiger partial charge in [0.05, 0.1) is 8.47 Å². The average Bonchev–Trinajstić information content (AvgIpc) is 2.84. The number of rotatable bonds is 0. The number of fused-ring (bicyclic) bond motifs is 1. The molecule has 3 amide bonds. The van der Waals surface area contributed by atoms with Crippen molar-refractivity contribution in [3.63, 3.8) is 0 Å². The Bertz CT molecular complexity index is 498. The summed E-state index contributed by atoms with van der Waals surface area (Å²) in [6, 6.07) is -0.391. The van der Waals surface area contributed by atoms with E-state index < -0.39 is 6.03 Å². The number of carbonyl (C=O) groups excluding carboxylic acids is 2. The molecule has 2 fully saturated rings. The molecule has 2 N–H and O–H groups in total. The van der Waals surface area contributed by atoms with Gasteiger partial charge >= 0.3 is 6.03 Å². The molecule has 8 heteroatoms. The fourth-order valence-corrected chi connectivity index (χ4v) is 7.51. The lowest BCUT2D eigenvalue weighted by Gasteiger charge is -2.23. The second-order valence-electron chi connectivity index (χ2n) is 3.93. The molecular formula is C10H10N2O2S4. The molecule has 3 heterocycles. The molecule has 0 spiro atoms. The molecule has 3 aliphatic heterocycles. The van der Waals surface area contributed by atoms with Crippen molar-refractivity contribution in [3.8, 4) is 0 Å². The maximum Gasteiger partial charge on any atom is 0.322 e. The summed E-state index contributed by atoms with van der Waals surface area (Å²) in [7, 11) is 0. The van der Waals surface area contributed by atoms with Crippen molar-refractivity contribution in [2.24, 2.45) is 0 Å². The van der Waals surface area contributed by atoms with Gasteiger partial charge in [-0.25, -0.2) is 4.79 Å². The summed E-state index contributed by atoms with van der Waals surface area (Å²) >= 11 is 6.65. The van der Waals surface area contributed by atoms with Crippen molar-refractivity contribution < 1.29 is 9.59 Å². The van der Waals surface area contributed by atoms with E-state index in [1.807, 2.05) is 0 Å². The molecule has 0 aliphatic carbocycles. The Hall–Kier alpha value is -0.180. The van der Waals surface area contributed by atoms with Crippen molar-refractivity contribution in [1.29, 1.82) is 0 Å². The number of urea groups is 1. The molecule has 3 rings (SSSR count). The van der Waals surface area contributed by atoms with Gasteiger partial charge in [-0.1, -0.05) is 35.3 Å². The van der Waals surface area contributed by atoms with Crippen LogP contribution in [0.2, 0.25) is 0 Å². The van der Waals surface area contributed by atoms with Crippen LogP contribution in [0.3, 0.4) is 0 Å². The van der Waals surface area contributed by atoms with Crippen LogP contribution in [0.4, 0.5) is 4.79 Å². The maximum atomic E-state index is 11.7. The van der Waals surface area contributed by atoms with E-state index in [9.17, 15) is 9.59 Å². The highest BCUT2D eigenvalue weighted by Gasteiger charge is 2.44. The third-order valence-electron chi connectivity index (χ3n) is 2.67. The Morgan fingerprint density at radius 3 is 2.33 bits per heavy atom. The van der Waals surface area contributed by atoms with E-state index in [4.69, 9.17) is 0 Å². The molecule has 4 nitrogen and oxygen atoms in total. The quantitative estimate of drug-likeness (QED) is 0.716. The van der Waals surface area contributed by atoms with Crippen LogP contribution in [0.5, 0.6) is 0 Å². The number of thioether (sulfide) groups is 4. The molecule has 2 saturated heterocycles. The van der Waals surface area contributed by atoms with Crippen LogP contribution in [-0.2, 0) is 4.79 Å². The summed E-state index contributed by atoms with van der Waals surface area (Å²) in [6.45, 7) is 4.21. The minimum Gasteiger partial charge on any atom is -0.324 e. The third kappa shape index (κ3) is 2.19. The zero-order valence-corrected chi connectivity index (χ0v) is 12.9. The Kier molecular flexibility index (Phi) is 3.38. The molecular weight excluding hydrogens is 308 g/mol. The molecule has 0 aromatic carbocycles. The first-order valence-corrected chi connectivity index (χ1v) is 8.66. The normalized spacial score (nSPS) is 31.7. The van der Waals surface area contributed by atoms with E-state index >= 15 is 0 Å². The largest absolute Gasteiger partial charge is 0.324 e. The minimum atomic E-state index is -0.391. The topological polar surface area (TPSA) is 58.2 Å². The Morgan fingerprint density at radius 2 is 1.67 bits per heavy atom. The first-order valence-electron chi connectivity index (χ1n) is 5.27. The summed E-state index contributed by atoms with van der Waals surface area (Å²) < 4.78 is 2.38. The van der Waals surface area contributed by atoms with Crippen molar-refractivity contribution >= 4 is 59.0 Å². The van der Waals surface area contributed by atoms with Gasteiger partial charge in [-0.3, -0.25) is 10.1 Å². The summed E-state index contributed by atoms with van der Waals surface area (Å²) in [4.78, 5) is 25.6. The summed E-state index contributed by atoms with van der Waals surface area (Å²) in [6.07, 6.45) is 0. The van der Waals surface area contributed by atoms with Crippen LogP contribution in [0.25, 0.3) is 0 Å². The molecule has 0 aromatic heterocycles. The molecule has 0 bridgehead atoms. The number of allylic oxidation sites excluding steroid dienone is 2. The summed E-state index contributed by atoms with van der Waals surface area (Å²) in [5.74, 6) is -0.189. The smallest absolute Gasteiger partial charge is 0.322 e. The third-order valence-corrected chi connectivity index (χ3v) is 8.79. The number of amides is 3. The first kappa shape index (κ1) is 12.8. The number of imide groups is 1. The Labute approximate surface area is 122 Å². The molecule has 18 heavy (non-hydrogen) atoms. The van der Waals surface area contributed by atoms with Crippen LogP contribution >= 0.6 is 47.0 Å². The zero-order valence-electron chi connectivity index (χ0n) is 9.60. The van der Waals surface area contributed by atoms with Crippen molar-refractivity contribution in [3.05, 3.63) is 18.3 Å². The van der Waals surface area contributed by atoms with E-state index in [0.717, 1.165) is 4.24 Å². The number of hydrogen-bond acceptors (Lipinski definition) is 6. The molecule has 0 radical (unpaired) electrons. The zero-order chi connectivity index (χ0) is 12.9. The Morgan fingerprint density at radius 1 is 1.00 bits per heavy atom. The maximum absolute atomic E-state index is 11.7. The summed E-state index contributed by atoms with van der Waals surface area (Å²) in [5, 5.41) is 4.75. The Balaban J connectivity index is 1.82. The highest BCUT2D eigenvalue weighted by molar-refractivity contribution is 8.33. The van der Waals surface area contributed by atoms with E-state index in [0.29, 0.717) is 0 Å². The molecule has 0 saturated carbocycles. The fourth-order valence-electron chi connectivity index (χ4n) is 1.65. The predicted octanol–water partition coefficient (Wildman–Crippen LogP) is 2.86. The van der Waals surface area contributed by atoms with E-state index in [1.54, 1.807) is 47.0 Å². The van der Waals surface area contributed by atoms with Gasteiger partial charge in [0.15, 0.2) is 0 Å². The lowest BCUT2D eigenvalue weighted by Crippen LogP contribution is -2.57. The number of hydrogen-bond donors (Lipinski definition) is 2. The number of nitrogens with one attached hydrogen (secondary N) is 2. The van der Waals surface area contributed by atoms with Crippen molar-refractivity contribution in [1.82, 2.24) is 10.6 Å². The van der Waals surface area contributed by atoms with E-state index in [-0.39, 0.29) is 16.5 Å². The second-order valence-corrected chi connectivity index (χ2v) is 9.20. The SMILES string of the molecule is CC1=C(C)SC(=C2SC3NC(=O)NC(=O)C3S2)S1. The minimum absolute atomic E-state index is 0.138. The van der Waals surface area contributed by atoms with Gasteiger partial charge in [-0.05, 0) is 23.7 Å². The van der Waals surface area contributed by atoms with E-state index in [1.165, 1.54) is 14.0 Å². The highest BCUT2D eigenvalue weighted by atomic mass is 32.2. The van der Waals surface area contributed by atoms with Crippen LogP contribution < -0.4 is 10.6 Å². The first-order chi connectivity index (χ1) is 8.54. The molecule has 2 atom stereocenters. The van der Waals surface area contributed by atoms with Crippen molar-refractivity contribution in [2.45, 2.75) is 24.5 Å². The van der Waals surface area contributed by atoms with Gasteiger partial charge in [0.2, 0.25) is 5.91 Å². The van der Waals surface area contributed by atoms with Gasteiger partial charge in [-0.2, -0.15) is 0 Å². The molecule has 0 aromatic rings.